The Kier molecular flexibility index (Phi) is 4.08. The molecule has 4 aliphatic rings. The standard InChI is InChI=1S/C21H22N6O2/c22-16-13(9-24-18(16)23)20-25-14-4-2-1-3-12(14)19(27-20)26-17-11-7-5-10(6-8-11)15(17)21(28)29/h1-4,9-11,15,17H,5-8H2,(H,28,29)(H3,22,23,24)(H,25,26,27). The number of aromatic nitrogens is 2. The number of amidine groups is 1. The van der Waals surface area contributed by atoms with Crippen LogP contribution in [0.5, 0.6) is 0 Å². The average molecular weight is 390 g/mol. The fraction of sp³-hybridized carbons (Fsp3) is 0.381. The molecule has 0 radical (unpaired) electrons. The summed E-state index contributed by atoms with van der Waals surface area (Å²) < 4.78 is 0. The molecule has 1 aromatic heterocycles. The lowest BCUT2D eigenvalue weighted by atomic mass is 9.61. The van der Waals surface area contributed by atoms with Crippen molar-refractivity contribution in [3.8, 4) is 0 Å². The van der Waals surface area contributed by atoms with E-state index in [0.29, 0.717) is 23.1 Å². The molecule has 2 atom stereocenters. The van der Waals surface area contributed by atoms with Crippen LogP contribution in [0.3, 0.4) is 0 Å². The van der Waals surface area contributed by atoms with Crippen LogP contribution in [0.1, 0.15) is 31.5 Å². The van der Waals surface area contributed by atoms with Gasteiger partial charge in [0, 0.05) is 17.6 Å². The Morgan fingerprint density at radius 3 is 2.55 bits per heavy atom. The molecule has 3 aliphatic carbocycles. The van der Waals surface area contributed by atoms with Crippen molar-refractivity contribution in [3.63, 3.8) is 0 Å². The van der Waals surface area contributed by atoms with Crippen LogP contribution in [0.25, 0.3) is 16.5 Å². The molecule has 0 saturated heterocycles. The maximum Gasteiger partial charge on any atom is 0.308 e. The van der Waals surface area contributed by atoms with Gasteiger partial charge in [-0.3, -0.25) is 10.2 Å². The zero-order chi connectivity index (χ0) is 20.1. The van der Waals surface area contributed by atoms with Gasteiger partial charge in [0.25, 0.3) is 0 Å². The summed E-state index contributed by atoms with van der Waals surface area (Å²) in [5.41, 5.74) is 7.04. The summed E-state index contributed by atoms with van der Waals surface area (Å²) in [6.07, 6.45) is 5.56. The highest BCUT2D eigenvalue weighted by molar-refractivity contribution is 6.57. The molecule has 0 spiro atoms. The van der Waals surface area contributed by atoms with E-state index >= 15 is 0 Å². The highest BCUT2D eigenvalue weighted by Crippen LogP contribution is 2.46. The molecule has 3 saturated carbocycles. The molecule has 5 N–H and O–H groups in total. The van der Waals surface area contributed by atoms with E-state index in [1.54, 1.807) is 0 Å². The van der Waals surface area contributed by atoms with Crippen LogP contribution >= 0.6 is 0 Å². The lowest BCUT2D eigenvalue weighted by molar-refractivity contribution is -0.148. The molecule has 2 aromatic rings. The number of aliphatic carboxylic acids is 1. The maximum atomic E-state index is 12.0. The number of fused-ring (bicyclic) bond motifs is 4. The molecular formula is C21H22N6O2. The summed E-state index contributed by atoms with van der Waals surface area (Å²) in [5.74, 6) is 0.492. The maximum absolute atomic E-state index is 12.0. The summed E-state index contributed by atoms with van der Waals surface area (Å²) in [4.78, 5) is 25.3. The van der Waals surface area contributed by atoms with Gasteiger partial charge in [-0.15, -0.1) is 0 Å². The fourth-order valence-corrected chi connectivity index (χ4v) is 5.05. The van der Waals surface area contributed by atoms with E-state index in [9.17, 15) is 9.90 Å². The van der Waals surface area contributed by atoms with Crippen molar-refractivity contribution < 1.29 is 9.90 Å². The smallest absolute Gasteiger partial charge is 0.308 e. The van der Waals surface area contributed by atoms with E-state index in [4.69, 9.17) is 11.1 Å². The summed E-state index contributed by atoms with van der Waals surface area (Å²) in [6, 6.07) is 7.46. The van der Waals surface area contributed by atoms with E-state index in [1.165, 1.54) is 6.20 Å². The number of carboxylic acids is 1. The van der Waals surface area contributed by atoms with Crippen LogP contribution < -0.4 is 11.1 Å². The number of hydrogen-bond acceptors (Lipinski definition) is 7. The number of rotatable bonds is 4. The first-order valence-corrected chi connectivity index (χ1v) is 9.92. The van der Waals surface area contributed by atoms with Gasteiger partial charge in [0.1, 0.15) is 17.4 Å². The third-order valence-corrected chi connectivity index (χ3v) is 6.51. The molecule has 6 rings (SSSR count). The second-order valence-electron chi connectivity index (χ2n) is 8.05. The number of aliphatic imine (C=N–C) groups is 1. The summed E-state index contributed by atoms with van der Waals surface area (Å²) in [7, 11) is 0. The molecule has 1 aromatic carbocycles. The number of hydrogen-bond donors (Lipinski definition) is 4. The predicted molar refractivity (Wildman–Crippen MR) is 111 cm³/mol. The number of nitrogens with one attached hydrogen (secondary N) is 2. The third kappa shape index (κ3) is 2.86. The number of nitrogens with two attached hydrogens (primary N) is 1. The van der Waals surface area contributed by atoms with Crippen LogP contribution in [0.2, 0.25) is 0 Å². The van der Waals surface area contributed by atoms with E-state index in [-0.39, 0.29) is 23.5 Å². The van der Waals surface area contributed by atoms with Crippen LogP contribution in [0, 0.1) is 23.2 Å². The molecule has 2 bridgehead atoms. The monoisotopic (exact) mass is 390 g/mol. The Morgan fingerprint density at radius 2 is 1.86 bits per heavy atom. The number of carbonyl (C=O) groups is 1. The molecular weight excluding hydrogens is 368 g/mol. The van der Waals surface area contributed by atoms with Gasteiger partial charge in [-0.05, 0) is 49.7 Å². The molecule has 8 nitrogen and oxygen atoms in total. The average Bonchev–Trinajstić information content (AvgIpc) is 3.07. The molecule has 0 amide bonds. The van der Waals surface area contributed by atoms with Gasteiger partial charge in [-0.25, -0.2) is 15.0 Å². The van der Waals surface area contributed by atoms with Crippen molar-refractivity contribution in [3.05, 3.63) is 36.3 Å². The van der Waals surface area contributed by atoms with E-state index in [1.807, 2.05) is 24.3 Å². The molecule has 1 aliphatic heterocycles. The van der Waals surface area contributed by atoms with Gasteiger partial charge in [-0.2, -0.15) is 0 Å². The van der Waals surface area contributed by atoms with Gasteiger partial charge in [0.05, 0.1) is 17.0 Å². The second-order valence-corrected chi connectivity index (χ2v) is 8.05. The van der Waals surface area contributed by atoms with Gasteiger partial charge in [0.2, 0.25) is 0 Å². The Hall–Kier alpha value is -3.29. The summed E-state index contributed by atoms with van der Waals surface area (Å²) >= 11 is 0. The Morgan fingerprint density at radius 1 is 1.14 bits per heavy atom. The normalized spacial score (nSPS) is 28.3. The molecule has 29 heavy (non-hydrogen) atoms. The molecule has 148 valence electrons. The zero-order valence-electron chi connectivity index (χ0n) is 15.8. The fourth-order valence-electron chi connectivity index (χ4n) is 5.05. The van der Waals surface area contributed by atoms with Crippen LogP contribution in [0.4, 0.5) is 5.82 Å². The van der Waals surface area contributed by atoms with Crippen molar-refractivity contribution >= 4 is 39.8 Å². The molecule has 8 heteroatoms. The number of anilines is 1. The quantitative estimate of drug-likeness (QED) is 0.633. The lowest BCUT2D eigenvalue weighted by Crippen LogP contribution is -2.51. The van der Waals surface area contributed by atoms with Crippen LogP contribution in [-0.4, -0.2) is 38.6 Å². The molecule has 2 heterocycles. The second kappa shape index (κ2) is 6.65. The lowest BCUT2D eigenvalue weighted by Gasteiger charge is -2.47. The Balaban J connectivity index is 1.57. The SMILES string of the molecule is N=C1C(c2nc(NC3C4CCC(CC4)C3C(=O)O)c3ccccc3n2)=CN=C1N. The molecule has 2 unspecified atom stereocenters. The van der Waals surface area contributed by atoms with Crippen molar-refractivity contribution in [2.75, 3.05) is 5.32 Å². The van der Waals surface area contributed by atoms with E-state index in [2.05, 4.69) is 20.3 Å². The van der Waals surface area contributed by atoms with Gasteiger partial charge < -0.3 is 16.2 Å². The minimum atomic E-state index is -0.739. The van der Waals surface area contributed by atoms with Gasteiger partial charge in [0.15, 0.2) is 5.82 Å². The zero-order valence-corrected chi connectivity index (χ0v) is 15.8. The van der Waals surface area contributed by atoms with E-state index < -0.39 is 11.9 Å². The van der Waals surface area contributed by atoms with Gasteiger partial charge >= 0.3 is 5.97 Å². The largest absolute Gasteiger partial charge is 0.481 e. The number of para-hydroxylation sites is 1. The highest BCUT2D eigenvalue weighted by atomic mass is 16.4. The summed E-state index contributed by atoms with van der Waals surface area (Å²) in [5, 5.41) is 22.3. The molecule has 3 fully saturated rings. The first kappa shape index (κ1) is 17.8. The summed E-state index contributed by atoms with van der Waals surface area (Å²) in [6.45, 7) is 0. The van der Waals surface area contributed by atoms with E-state index in [0.717, 1.165) is 36.6 Å². The predicted octanol–water partition coefficient (Wildman–Crippen LogP) is 2.66. The van der Waals surface area contributed by atoms with Crippen molar-refractivity contribution in [2.24, 2.45) is 28.5 Å². The minimum Gasteiger partial charge on any atom is -0.481 e. The topological polar surface area (TPSA) is 137 Å². The Labute approximate surface area is 167 Å². The third-order valence-electron chi connectivity index (χ3n) is 6.51. The van der Waals surface area contributed by atoms with Gasteiger partial charge in [-0.1, -0.05) is 12.1 Å². The minimum absolute atomic E-state index is 0.103. The Bertz CT molecular complexity index is 1080. The van der Waals surface area contributed by atoms with Crippen molar-refractivity contribution in [2.45, 2.75) is 31.7 Å². The highest BCUT2D eigenvalue weighted by Gasteiger charge is 2.47. The van der Waals surface area contributed by atoms with Crippen molar-refractivity contribution in [1.29, 1.82) is 5.41 Å². The first-order chi connectivity index (χ1) is 14.0. The number of carboxylic acid groups (broad SMARTS) is 1. The van der Waals surface area contributed by atoms with Crippen molar-refractivity contribution in [1.82, 2.24) is 9.97 Å². The first-order valence-electron chi connectivity index (χ1n) is 9.92. The number of benzene rings is 1. The van der Waals surface area contributed by atoms with Crippen LogP contribution in [0.15, 0.2) is 35.5 Å². The number of nitrogens with zero attached hydrogens (tertiary/aromatic N) is 3. The van der Waals surface area contributed by atoms with Crippen LogP contribution in [-0.2, 0) is 4.79 Å².